The first-order chi connectivity index (χ1) is 8.31. The van der Waals surface area contributed by atoms with Gasteiger partial charge in [0.25, 0.3) is 0 Å². The van der Waals surface area contributed by atoms with E-state index in [2.05, 4.69) is 18.3 Å². The lowest BCUT2D eigenvalue weighted by atomic mass is 10.0. The van der Waals surface area contributed by atoms with Gasteiger partial charge in [-0.25, -0.2) is 4.79 Å². The Hall–Kier alpha value is -1.77. The normalized spacial score (nSPS) is 13.4. The minimum absolute atomic E-state index is 0.257. The van der Waals surface area contributed by atoms with Crippen LogP contribution in [0.15, 0.2) is 30.0 Å². The zero-order valence-electron chi connectivity index (χ0n) is 10.0. The first-order valence-electron chi connectivity index (χ1n) is 6.02. The third-order valence-corrected chi connectivity index (χ3v) is 2.78. The Morgan fingerprint density at radius 1 is 1.41 bits per heavy atom. The molecule has 2 rings (SSSR count). The number of hydrogen-bond donors (Lipinski definition) is 1. The maximum Gasteiger partial charge on any atom is 0.354 e. The van der Waals surface area contributed by atoms with Crippen LogP contribution in [0, 0.1) is 0 Å². The highest BCUT2D eigenvalue weighted by Crippen LogP contribution is 2.17. The second kappa shape index (κ2) is 5.53. The zero-order chi connectivity index (χ0) is 12.1. The van der Waals surface area contributed by atoms with E-state index in [-0.39, 0.29) is 5.97 Å². The van der Waals surface area contributed by atoms with E-state index in [1.165, 1.54) is 5.56 Å². The molecule has 1 aliphatic heterocycles. The summed E-state index contributed by atoms with van der Waals surface area (Å²) in [5.41, 5.74) is 2.85. The van der Waals surface area contributed by atoms with Crippen LogP contribution >= 0.6 is 0 Å². The van der Waals surface area contributed by atoms with Crippen molar-refractivity contribution in [2.45, 2.75) is 26.3 Å². The highest BCUT2D eigenvalue weighted by atomic mass is 16.5. The molecule has 0 aliphatic carbocycles. The van der Waals surface area contributed by atoms with Crippen LogP contribution in [0.3, 0.4) is 0 Å². The largest absolute Gasteiger partial charge is 0.461 e. The van der Waals surface area contributed by atoms with Gasteiger partial charge in [-0.1, -0.05) is 37.6 Å². The molecule has 1 heterocycles. The van der Waals surface area contributed by atoms with Crippen LogP contribution in [0.1, 0.15) is 30.9 Å². The van der Waals surface area contributed by atoms with Gasteiger partial charge < -0.3 is 10.1 Å². The van der Waals surface area contributed by atoms with Crippen molar-refractivity contribution in [1.29, 1.82) is 0 Å². The zero-order valence-corrected chi connectivity index (χ0v) is 10.0. The van der Waals surface area contributed by atoms with Crippen molar-refractivity contribution in [3.63, 3.8) is 0 Å². The molecule has 0 radical (unpaired) electrons. The molecule has 0 saturated carbocycles. The minimum Gasteiger partial charge on any atom is -0.461 e. The average Bonchev–Trinajstić information content (AvgIpc) is 2.38. The predicted octanol–water partition coefficient (Wildman–Crippen LogP) is 2.47. The van der Waals surface area contributed by atoms with Crippen molar-refractivity contribution in [2.24, 2.45) is 0 Å². The predicted molar refractivity (Wildman–Crippen MR) is 67.1 cm³/mol. The summed E-state index contributed by atoms with van der Waals surface area (Å²) in [4.78, 5) is 11.7. The summed E-state index contributed by atoms with van der Waals surface area (Å²) in [6.45, 7) is 3.25. The van der Waals surface area contributed by atoms with E-state index in [1.54, 1.807) is 0 Å². The number of unbranched alkanes of at least 4 members (excludes halogenated alkanes) is 1. The van der Waals surface area contributed by atoms with Gasteiger partial charge >= 0.3 is 5.97 Å². The van der Waals surface area contributed by atoms with Crippen LogP contribution < -0.4 is 5.32 Å². The van der Waals surface area contributed by atoms with Gasteiger partial charge in [0.15, 0.2) is 0 Å². The smallest absolute Gasteiger partial charge is 0.354 e. The van der Waals surface area contributed by atoms with Crippen molar-refractivity contribution in [2.75, 3.05) is 6.61 Å². The Bertz CT molecular complexity index is 438. The first-order valence-corrected chi connectivity index (χ1v) is 6.02. The number of carbonyl (C=O) groups is 1. The summed E-state index contributed by atoms with van der Waals surface area (Å²) in [6.07, 6.45) is 3.80. The van der Waals surface area contributed by atoms with Gasteiger partial charge in [-0.05, 0) is 23.6 Å². The third-order valence-electron chi connectivity index (χ3n) is 2.78. The third kappa shape index (κ3) is 2.87. The van der Waals surface area contributed by atoms with E-state index in [0.717, 1.165) is 18.4 Å². The molecule has 1 aliphatic rings. The average molecular weight is 231 g/mol. The molecule has 0 saturated heterocycles. The van der Waals surface area contributed by atoms with E-state index in [1.807, 2.05) is 24.3 Å². The molecular formula is C14H17NO2. The lowest BCUT2D eigenvalue weighted by molar-refractivity contribution is -0.139. The van der Waals surface area contributed by atoms with E-state index in [4.69, 9.17) is 4.74 Å². The number of fused-ring (bicyclic) bond motifs is 1. The number of hydrogen-bond acceptors (Lipinski definition) is 3. The highest BCUT2D eigenvalue weighted by molar-refractivity contribution is 5.93. The SMILES string of the molecule is CCCCOC(=O)C1=Cc2ccccc2CN1. The molecule has 1 aromatic rings. The van der Waals surface area contributed by atoms with E-state index in [0.29, 0.717) is 18.8 Å². The maximum atomic E-state index is 11.7. The van der Waals surface area contributed by atoms with Gasteiger partial charge in [0.05, 0.1) is 6.61 Å². The molecule has 0 fully saturated rings. The second-order valence-corrected chi connectivity index (χ2v) is 4.10. The van der Waals surface area contributed by atoms with Gasteiger partial charge in [0.1, 0.15) is 5.70 Å². The number of carbonyl (C=O) groups excluding carboxylic acids is 1. The van der Waals surface area contributed by atoms with E-state index in [9.17, 15) is 4.79 Å². The standard InChI is InChI=1S/C14H17NO2/c1-2-3-8-17-14(16)13-9-11-6-4-5-7-12(11)10-15-13/h4-7,9,15H,2-3,8,10H2,1H3. The summed E-state index contributed by atoms with van der Waals surface area (Å²) < 4.78 is 5.17. The van der Waals surface area contributed by atoms with Gasteiger partial charge in [0, 0.05) is 6.54 Å². The molecule has 1 aromatic carbocycles. The summed E-state index contributed by atoms with van der Waals surface area (Å²) in [5.74, 6) is -0.257. The molecule has 1 N–H and O–H groups in total. The molecule has 0 atom stereocenters. The summed E-state index contributed by atoms with van der Waals surface area (Å²) >= 11 is 0. The molecule has 90 valence electrons. The summed E-state index contributed by atoms with van der Waals surface area (Å²) in [7, 11) is 0. The number of rotatable bonds is 4. The van der Waals surface area contributed by atoms with Crippen molar-refractivity contribution < 1.29 is 9.53 Å². The van der Waals surface area contributed by atoms with Crippen molar-refractivity contribution in [1.82, 2.24) is 5.32 Å². The maximum absolute atomic E-state index is 11.7. The number of ether oxygens (including phenoxy) is 1. The van der Waals surface area contributed by atoms with Crippen LogP contribution in [-0.2, 0) is 16.1 Å². The van der Waals surface area contributed by atoms with Crippen LogP contribution in [0.4, 0.5) is 0 Å². The Labute approximate surface area is 101 Å². The Kier molecular flexibility index (Phi) is 3.81. The van der Waals surface area contributed by atoms with Gasteiger partial charge in [-0.3, -0.25) is 0 Å². The van der Waals surface area contributed by atoms with Crippen LogP contribution in [0.2, 0.25) is 0 Å². The molecule has 3 nitrogen and oxygen atoms in total. The van der Waals surface area contributed by atoms with E-state index >= 15 is 0 Å². The monoisotopic (exact) mass is 231 g/mol. The fourth-order valence-corrected chi connectivity index (χ4v) is 1.75. The van der Waals surface area contributed by atoms with Gasteiger partial charge in [-0.2, -0.15) is 0 Å². The van der Waals surface area contributed by atoms with Crippen molar-refractivity contribution in [3.8, 4) is 0 Å². The Morgan fingerprint density at radius 3 is 3.06 bits per heavy atom. The molecule has 0 amide bonds. The fourth-order valence-electron chi connectivity index (χ4n) is 1.75. The molecule has 3 heteroatoms. The van der Waals surface area contributed by atoms with Crippen LogP contribution in [0.25, 0.3) is 6.08 Å². The lowest BCUT2D eigenvalue weighted by Gasteiger charge is -2.17. The number of benzene rings is 1. The van der Waals surface area contributed by atoms with Gasteiger partial charge in [0.2, 0.25) is 0 Å². The molecule has 0 bridgehead atoms. The number of esters is 1. The first kappa shape index (κ1) is 11.7. The molecule has 17 heavy (non-hydrogen) atoms. The Morgan fingerprint density at radius 2 is 2.24 bits per heavy atom. The van der Waals surface area contributed by atoms with Crippen LogP contribution in [0.5, 0.6) is 0 Å². The topological polar surface area (TPSA) is 38.3 Å². The molecule has 0 aromatic heterocycles. The summed E-state index contributed by atoms with van der Waals surface area (Å²) in [5, 5.41) is 3.09. The van der Waals surface area contributed by atoms with Gasteiger partial charge in [-0.15, -0.1) is 0 Å². The second-order valence-electron chi connectivity index (χ2n) is 4.10. The lowest BCUT2D eigenvalue weighted by Crippen LogP contribution is -2.25. The van der Waals surface area contributed by atoms with E-state index < -0.39 is 0 Å². The van der Waals surface area contributed by atoms with Crippen LogP contribution in [-0.4, -0.2) is 12.6 Å². The summed E-state index contributed by atoms with van der Waals surface area (Å²) in [6, 6.07) is 8.03. The Balaban J connectivity index is 2.04. The van der Waals surface area contributed by atoms with Crippen molar-refractivity contribution in [3.05, 3.63) is 41.1 Å². The fraction of sp³-hybridized carbons (Fsp3) is 0.357. The minimum atomic E-state index is -0.257. The molecular weight excluding hydrogens is 214 g/mol. The molecule has 0 spiro atoms. The number of nitrogens with one attached hydrogen (secondary N) is 1. The highest BCUT2D eigenvalue weighted by Gasteiger charge is 2.15. The van der Waals surface area contributed by atoms with Crippen molar-refractivity contribution >= 4 is 12.0 Å². The quantitative estimate of drug-likeness (QED) is 0.639. The molecule has 0 unspecified atom stereocenters.